The van der Waals surface area contributed by atoms with Crippen molar-refractivity contribution in [3.63, 3.8) is 0 Å². The highest BCUT2D eigenvalue weighted by Gasteiger charge is 2.13. The van der Waals surface area contributed by atoms with Gasteiger partial charge in [0.15, 0.2) is 11.2 Å². The molecule has 0 spiro atoms. The number of alkyl halides is 2. The molecule has 2 saturated heterocycles. The van der Waals surface area contributed by atoms with Crippen molar-refractivity contribution >= 4 is 70.2 Å². The Hall–Kier alpha value is -3.90. The number of nitrogens with zero attached hydrogens (tertiary/aromatic N) is 4. The first-order chi connectivity index (χ1) is 29.6. The summed E-state index contributed by atoms with van der Waals surface area (Å²) in [5, 5.41) is 0. The lowest BCUT2D eigenvalue weighted by Gasteiger charge is -2.26. The standard InChI is InChI=1S/C29H39N3O3.C19H19Cl2NO3.2ClH/c1-3-15-31(16-4-1)19-7-21-33-25-11-9-24(10-12-25)29-30-27-14-13-26(23-28(27)35-29)34-22-8-20-32-17-5-2-6-18-32;20-9-1-11-23-15-5-3-14(4-6-15)19-22-17-8-7-16(13-18(17)25-19)24-12-2-10-21;;/h9-14,23H,1-8,15-22H2;3-8,13H,1-2,9-12H2;2*1H. The molecule has 336 valence electrons. The molecule has 0 N–H and O–H groups in total. The molecule has 62 heavy (non-hydrogen) atoms. The molecule has 0 atom stereocenters. The Morgan fingerprint density at radius 3 is 1.19 bits per heavy atom. The molecule has 14 heteroatoms. The van der Waals surface area contributed by atoms with Crippen molar-refractivity contribution in [2.24, 2.45) is 0 Å². The van der Waals surface area contributed by atoms with Crippen LogP contribution in [0.2, 0.25) is 0 Å². The number of aromatic nitrogens is 2. The van der Waals surface area contributed by atoms with Crippen molar-refractivity contribution in [2.75, 3.05) is 77.5 Å². The fourth-order valence-electron chi connectivity index (χ4n) is 7.44. The number of oxazole rings is 2. The summed E-state index contributed by atoms with van der Waals surface area (Å²) in [6, 6.07) is 27.2. The molecule has 10 nitrogen and oxygen atoms in total. The van der Waals surface area contributed by atoms with Crippen LogP contribution in [-0.4, -0.2) is 97.2 Å². The summed E-state index contributed by atoms with van der Waals surface area (Å²) in [4.78, 5) is 14.3. The van der Waals surface area contributed by atoms with Gasteiger partial charge in [-0.05, 0) is 150 Å². The lowest BCUT2D eigenvalue weighted by Crippen LogP contribution is -2.31. The number of fused-ring (bicyclic) bond motifs is 2. The van der Waals surface area contributed by atoms with E-state index in [1.807, 2.05) is 84.9 Å². The second-order valence-corrected chi connectivity index (χ2v) is 16.1. The predicted octanol–water partition coefficient (Wildman–Crippen LogP) is 12.4. The maximum absolute atomic E-state index is 6.06. The fourth-order valence-corrected chi connectivity index (χ4v) is 7.65. The average molecular weight is 931 g/mol. The average Bonchev–Trinajstić information content (AvgIpc) is 3.93. The largest absolute Gasteiger partial charge is 0.494 e. The first-order valence-corrected chi connectivity index (χ1v) is 22.8. The van der Waals surface area contributed by atoms with E-state index in [4.69, 9.17) is 51.0 Å². The van der Waals surface area contributed by atoms with Crippen molar-refractivity contribution in [1.82, 2.24) is 19.8 Å². The highest BCUT2D eigenvalue weighted by Crippen LogP contribution is 2.30. The first kappa shape index (κ1) is 49.1. The summed E-state index contributed by atoms with van der Waals surface area (Å²) in [6.45, 7) is 9.87. The summed E-state index contributed by atoms with van der Waals surface area (Å²) < 4.78 is 35.1. The monoisotopic (exact) mass is 928 g/mol. The van der Waals surface area contributed by atoms with Crippen molar-refractivity contribution in [3.05, 3.63) is 84.9 Å². The van der Waals surface area contributed by atoms with E-state index >= 15 is 0 Å². The van der Waals surface area contributed by atoms with Crippen LogP contribution in [0.4, 0.5) is 0 Å². The van der Waals surface area contributed by atoms with E-state index in [-0.39, 0.29) is 24.8 Å². The van der Waals surface area contributed by atoms with Crippen molar-refractivity contribution in [2.45, 2.75) is 64.2 Å². The van der Waals surface area contributed by atoms with Crippen LogP contribution in [0, 0.1) is 0 Å². The van der Waals surface area contributed by atoms with Crippen LogP contribution in [0.5, 0.6) is 23.0 Å². The number of hydrogen-bond acceptors (Lipinski definition) is 10. The number of benzene rings is 4. The van der Waals surface area contributed by atoms with Crippen molar-refractivity contribution < 1.29 is 27.8 Å². The molecule has 0 bridgehead atoms. The second-order valence-electron chi connectivity index (χ2n) is 15.3. The highest BCUT2D eigenvalue weighted by molar-refractivity contribution is 6.18. The Morgan fingerprint density at radius 1 is 0.452 bits per heavy atom. The molecule has 6 aromatic rings. The van der Waals surface area contributed by atoms with Gasteiger partial charge in [-0.3, -0.25) is 0 Å². The number of piperidine rings is 2. The summed E-state index contributed by atoms with van der Waals surface area (Å²) >= 11 is 11.3. The molecule has 0 unspecified atom stereocenters. The van der Waals surface area contributed by atoms with Gasteiger partial charge in [-0.1, -0.05) is 12.8 Å². The molecule has 0 radical (unpaired) electrons. The number of halogens is 4. The van der Waals surface area contributed by atoms with Gasteiger partial charge in [0, 0.05) is 48.1 Å². The van der Waals surface area contributed by atoms with Gasteiger partial charge >= 0.3 is 0 Å². The maximum Gasteiger partial charge on any atom is 0.227 e. The van der Waals surface area contributed by atoms with Gasteiger partial charge < -0.3 is 37.6 Å². The van der Waals surface area contributed by atoms with Crippen LogP contribution in [-0.2, 0) is 0 Å². The van der Waals surface area contributed by atoms with Crippen LogP contribution in [0.15, 0.2) is 93.8 Å². The zero-order valence-corrected chi connectivity index (χ0v) is 38.6. The first-order valence-electron chi connectivity index (χ1n) is 21.7. The molecule has 4 aromatic carbocycles. The van der Waals surface area contributed by atoms with Gasteiger partial charge in [-0.2, -0.15) is 0 Å². The van der Waals surface area contributed by atoms with Gasteiger partial charge in [0.05, 0.1) is 26.4 Å². The van der Waals surface area contributed by atoms with Crippen molar-refractivity contribution in [1.29, 1.82) is 0 Å². The van der Waals surface area contributed by atoms with Crippen LogP contribution < -0.4 is 18.9 Å². The topological polar surface area (TPSA) is 95.5 Å². The minimum atomic E-state index is 0. The Balaban J connectivity index is 0.000000239. The second kappa shape index (κ2) is 26.7. The van der Waals surface area contributed by atoms with E-state index in [9.17, 15) is 0 Å². The summed E-state index contributed by atoms with van der Waals surface area (Å²) in [5.74, 6) is 5.66. The molecule has 0 saturated carbocycles. The van der Waals surface area contributed by atoms with E-state index in [0.29, 0.717) is 42.3 Å². The number of ether oxygens (including phenoxy) is 4. The summed E-state index contributed by atoms with van der Waals surface area (Å²) in [7, 11) is 0. The smallest absolute Gasteiger partial charge is 0.227 e. The molecular formula is C48H60Cl4N4O6. The van der Waals surface area contributed by atoms with Crippen LogP contribution >= 0.6 is 48.0 Å². The van der Waals surface area contributed by atoms with Gasteiger partial charge in [0.25, 0.3) is 0 Å². The van der Waals surface area contributed by atoms with E-state index in [2.05, 4.69) is 19.8 Å². The third kappa shape index (κ3) is 15.1. The number of hydrogen-bond donors (Lipinski definition) is 0. The predicted molar refractivity (Wildman–Crippen MR) is 256 cm³/mol. The van der Waals surface area contributed by atoms with E-state index in [0.717, 1.165) is 103 Å². The van der Waals surface area contributed by atoms with Crippen LogP contribution in [0.1, 0.15) is 64.2 Å². The molecule has 2 aliphatic rings. The zero-order valence-electron chi connectivity index (χ0n) is 35.5. The van der Waals surface area contributed by atoms with Crippen LogP contribution in [0.25, 0.3) is 45.1 Å². The molecule has 0 aliphatic carbocycles. The van der Waals surface area contributed by atoms with E-state index in [1.54, 1.807) is 0 Å². The highest BCUT2D eigenvalue weighted by atomic mass is 35.5. The zero-order chi connectivity index (χ0) is 41.2. The Bertz CT molecular complexity index is 2160. The molecule has 8 rings (SSSR count). The van der Waals surface area contributed by atoms with E-state index < -0.39 is 0 Å². The van der Waals surface area contributed by atoms with Gasteiger partial charge in [0.1, 0.15) is 34.0 Å². The number of rotatable bonds is 20. The molecule has 2 aromatic heterocycles. The molecule has 2 fully saturated rings. The lowest BCUT2D eigenvalue weighted by atomic mass is 10.1. The molecule has 2 aliphatic heterocycles. The fraction of sp³-hybridized carbons (Fsp3) is 0.458. The minimum Gasteiger partial charge on any atom is -0.494 e. The molecule has 0 amide bonds. The summed E-state index contributed by atoms with van der Waals surface area (Å²) in [6.07, 6.45) is 11.8. The summed E-state index contributed by atoms with van der Waals surface area (Å²) in [5.41, 5.74) is 4.93. The molecular weight excluding hydrogens is 870 g/mol. The van der Waals surface area contributed by atoms with Crippen LogP contribution in [0.3, 0.4) is 0 Å². The van der Waals surface area contributed by atoms with Crippen molar-refractivity contribution in [3.8, 4) is 45.9 Å². The normalized spacial score (nSPS) is 14.4. The third-order valence-corrected chi connectivity index (χ3v) is 11.2. The molecule has 4 heterocycles. The quantitative estimate of drug-likeness (QED) is 0.0544. The Kier molecular flexibility index (Phi) is 21.1. The Labute approximate surface area is 388 Å². The minimum absolute atomic E-state index is 0. The SMILES string of the molecule is Cl.Cl.ClCCCOc1ccc(-c2nc3ccc(OCCCCl)cc3o2)cc1.c1cc(-c2nc3ccc(OCCCN4CCCCC4)cc3o2)ccc1OCCCN1CCCCC1. The van der Waals surface area contributed by atoms with Gasteiger partial charge in [-0.25, -0.2) is 9.97 Å². The lowest BCUT2D eigenvalue weighted by molar-refractivity contribution is 0.205. The van der Waals surface area contributed by atoms with Gasteiger partial charge in [0.2, 0.25) is 11.8 Å². The van der Waals surface area contributed by atoms with Gasteiger partial charge in [-0.15, -0.1) is 48.0 Å². The Morgan fingerprint density at radius 2 is 0.806 bits per heavy atom. The van der Waals surface area contributed by atoms with E-state index in [1.165, 1.54) is 64.7 Å². The maximum atomic E-state index is 6.06. The number of likely N-dealkylation sites (tertiary alicyclic amines) is 2. The third-order valence-electron chi connectivity index (χ3n) is 10.7.